The summed E-state index contributed by atoms with van der Waals surface area (Å²) in [5.74, 6) is -0.608. The number of carbonyl (C=O) groups is 1. The summed E-state index contributed by atoms with van der Waals surface area (Å²) < 4.78 is 10.0. The van der Waals surface area contributed by atoms with E-state index in [4.69, 9.17) is 14.6 Å². The first kappa shape index (κ1) is 11.6. The molecule has 0 aliphatic heterocycles. The molecule has 0 saturated heterocycles. The van der Waals surface area contributed by atoms with Crippen molar-refractivity contribution >= 4 is 5.97 Å². The molecule has 1 aliphatic carbocycles. The lowest BCUT2D eigenvalue weighted by molar-refractivity contribution is -0.138. The first-order valence-corrected chi connectivity index (χ1v) is 5.26. The van der Waals surface area contributed by atoms with Gasteiger partial charge in [-0.15, -0.1) is 0 Å². The first-order valence-electron chi connectivity index (χ1n) is 5.26. The van der Waals surface area contributed by atoms with Crippen LogP contribution in [0.2, 0.25) is 0 Å². The second-order valence-electron chi connectivity index (χ2n) is 4.06. The van der Waals surface area contributed by atoms with Crippen LogP contribution in [0.4, 0.5) is 0 Å². The van der Waals surface area contributed by atoms with Gasteiger partial charge in [0.1, 0.15) is 0 Å². The molecule has 1 aliphatic rings. The van der Waals surface area contributed by atoms with Gasteiger partial charge in [0, 0.05) is 0 Å². The number of phenolic OH excluding ortho intramolecular Hbond substituents is 1. The molecule has 0 bridgehead atoms. The molecule has 0 spiro atoms. The van der Waals surface area contributed by atoms with Gasteiger partial charge < -0.3 is 19.7 Å². The highest BCUT2D eigenvalue weighted by Gasteiger charge is 2.44. The number of rotatable bonds is 4. The van der Waals surface area contributed by atoms with Gasteiger partial charge in [0.2, 0.25) is 5.75 Å². The molecule has 2 atom stereocenters. The van der Waals surface area contributed by atoms with E-state index in [-0.39, 0.29) is 17.6 Å². The van der Waals surface area contributed by atoms with Crippen LogP contribution in [0.5, 0.6) is 17.2 Å². The van der Waals surface area contributed by atoms with Gasteiger partial charge in [-0.1, -0.05) is 0 Å². The number of hydrogen-bond acceptors (Lipinski definition) is 4. The van der Waals surface area contributed by atoms with Gasteiger partial charge in [0.15, 0.2) is 11.5 Å². The van der Waals surface area contributed by atoms with E-state index in [9.17, 15) is 9.90 Å². The topological polar surface area (TPSA) is 76.0 Å². The standard InChI is InChI=1S/C12H14O5/c1-16-9-3-6(4-10(17-2)11(9)13)7-5-8(7)12(14)15/h3-4,7-8,13H,5H2,1-2H3,(H,14,15). The quantitative estimate of drug-likeness (QED) is 0.833. The van der Waals surface area contributed by atoms with Gasteiger partial charge in [0.25, 0.3) is 0 Å². The number of ether oxygens (including phenoxy) is 2. The van der Waals surface area contributed by atoms with Crippen molar-refractivity contribution in [3.05, 3.63) is 17.7 Å². The SMILES string of the molecule is COc1cc(C2CC2C(=O)O)cc(OC)c1O. The molecule has 1 fully saturated rings. The van der Waals surface area contributed by atoms with Crippen LogP contribution in [-0.2, 0) is 4.79 Å². The molecule has 17 heavy (non-hydrogen) atoms. The Hall–Kier alpha value is -1.91. The molecule has 1 aromatic rings. The molecule has 0 aromatic heterocycles. The monoisotopic (exact) mass is 238 g/mol. The van der Waals surface area contributed by atoms with E-state index in [0.717, 1.165) is 5.56 Å². The van der Waals surface area contributed by atoms with Crippen molar-refractivity contribution in [2.24, 2.45) is 5.92 Å². The zero-order valence-electron chi connectivity index (χ0n) is 9.64. The van der Waals surface area contributed by atoms with E-state index in [2.05, 4.69) is 0 Å². The minimum Gasteiger partial charge on any atom is -0.502 e. The summed E-state index contributed by atoms with van der Waals surface area (Å²) in [5.41, 5.74) is 0.823. The maximum Gasteiger partial charge on any atom is 0.307 e. The number of carboxylic acid groups (broad SMARTS) is 1. The molecule has 0 radical (unpaired) electrons. The summed E-state index contributed by atoms with van der Waals surface area (Å²) in [5, 5.41) is 18.6. The van der Waals surface area contributed by atoms with Gasteiger partial charge >= 0.3 is 5.97 Å². The smallest absolute Gasteiger partial charge is 0.307 e. The maximum absolute atomic E-state index is 10.8. The Morgan fingerprint density at radius 3 is 2.18 bits per heavy atom. The molecule has 5 heteroatoms. The van der Waals surface area contributed by atoms with Crippen molar-refractivity contribution in [1.29, 1.82) is 0 Å². The normalized spacial score (nSPS) is 22.0. The average Bonchev–Trinajstić information content (AvgIpc) is 3.09. The number of carboxylic acids is 1. The molecular weight excluding hydrogens is 224 g/mol. The lowest BCUT2D eigenvalue weighted by atomic mass is 10.1. The maximum atomic E-state index is 10.8. The second-order valence-corrected chi connectivity index (χ2v) is 4.06. The number of aromatic hydroxyl groups is 1. The molecule has 1 saturated carbocycles. The first-order chi connectivity index (χ1) is 8.08. The summed E-state index contributed by atoms with van der Waals surface area (Å²) in [6, 6.07) is 3.32. The van der Waals surface area contributed by atoms with Crippen molar-refractivity contribution in [2.45, 2.75) is 12.3 Å². The number of aliphatic carboxylic acids is 1. The lowest BCUT2D eigenvalue weighted by Gasteiger charge is -2.10. The Bertz CT molecular complexity index is 429. The highest BCUT2D eigenvalue weighted by molar-refractivity contribution is 5.75. The van der Waals surface area contributed by atoms with Crippen molar-refractivity contribution < 1.29 is 24.5 Å². The lowest BCUT2D eigenvalue weighted by Crippen LogP contribution is -1.99. The van der Waals surface area contributed by atoms with E-state index in [0.29, 0.717) is 17.9 Å². The van der Waals surface area contributed by atoms with Crippen LogP contribution in [0.15, 0.2) is 12.1 Å². The predicted molar refractivity (Wildman–Crippen MR) is 59.7 cm³/mol. The van der Waals surface area contributed by atoms with Crippen LogP contribution in [0.3, 0.4) is 0 Å². The zero-order chi connectivity index (χ0) is 12.6. The summed E-state index contributed by atoms with van der Waals surface area (Å²) in [6.45, 7) is 0. The van der Waals surface area contributed by atoms with Crippen LogP contribution in [0.1, 0.15) is 17.9 Å². The van der Waals surface area contributed by atoms with Crippen LogP contribution in [-0.4, -0.2) is 30.4 Å². The minimum absolute atomic E-state index is 0.0177. The summed E-state index contributed by atoms with van der Waals surface area (Å²) in [6.07, 6.45) is 0.617. The highest BCUT2D eigenvalue weighted by Crippen LogP contribution is 2.51. The molecular formula is C12H14O5. The second kappa shape index (κ2) is 4.16. The third-order valence-corrected chi connectivity index (χ3v) is 3.04. The predicted octanol–water partition coefficient (Wildman–Crippen LogP) is 1.60. The largest absolute Gasteiger partial charge is 0.502 e. The number of hydrogen-bond donors (Lipinski definition) is 2. The summed E-state index contributed by atoms with van der Waals surface area (Å²) in [7, 11) is 2.89. The fourth-order valence-electron chi connectivity index (χ4n) is 1.96. The van der Waals surface area contributed by atoms with Gasteiger partial charge in [-0.25, -0.2) is 0 Å². The zero-order valence-corrected chi connectivity index (χ0v) is 9.64. The number of methoxy groups -OCH3 is 2. The summed E-state index contributed by atoms with van der Waals surface area (Å²) >= 11 is 0. The Labute approximate surface area is 98.6 Å². The van der Waals surface area contributed by atoms with Gasteiger partial charge in [-0.2, -0.15) is 0 Å². The Morgan fingerprint density at radius 2 is 1.82 bits per heavy atom. The Kier molecular flexibility index (Phi) is 2.83. The Balaban J connectivity index is 2.33. The van der Waals surface area contributed by atoms with Crippen LogP contribution in [0, 0.1) is 5.92 Å². The molecule has 0 heterocycles. The van der Waals surface area contributed by atoms with Crippen molar-refractivity contribution in [3.8, 4) is 17.2 Å². The number of benzene rings is 1. The Morgan fingerprint density at radius 1 is 1.29 bits per heavy atom. The van der Waals surface area contributed by atoms with Crippen LogP contribution in [0.25, 0.3) is 0 Å². The van der Waals surface area contributed by atoms with Gasteiger partial charge in [-0.05, 0) is 30.0 Å². The fourth-order valence-corrected chi connectivity index (χ4v) is 1.96. The fraction of sp³-hybridized carbons (Fsp3) is 0.417. The minimum atomic E-state index is -0.791. The van der Waals surface area contributed by atoms with Gasteiger partial charge in [-0.3, -0.25) is 4.79 Å². The van der Waals surface area contributed by atoms with E-state index in [1.54, 1.807) is 12.1 Å². The molecule has 2 unspecified atom stereocenters. The van der Waals surface area contributed by atoms with E-state index in [1.165, 1.54) is 14.2 Å². The molecule has 2 N–H and O–H groups in total. The van der Waals surface area contributed by atoms with E-state index in [1.807, 2.05) is 0 Å². The van der Waals surface area contributed by atoms with Crippen molar-refractivity contribution in [2.75, 3.05) is 14.2 Å². The van der Waals surface area contributed by atoms with E-state index >= 15 is 0 Å². The molecule has 2 rings (SSSR count). The van der Waals surface area contributed by atoms with Gasteiger partial charge in [0.05, 0.1) is 20.1 Å². The van der Waals surface area contributed by atoms with Crippen LogP contribution >= 0.6 is 0 Å². The molecule has 0 amide bonds. The van der Waals surface area contributed by atoms with Crippen molar-refractivity contribution in [3.63, 3.8) is 0 Å². The third-order valence-electron chi connectivity index (χ3n) is 3.04. The highest BCUT2D eigenvalue weighted by atomic mass is 16.5. The van der Waals surface area contributed by atoms with Crippen molar-refractivity contribution in [1.82, 2.24) is 0 Å². The molecule has 1 aromatic carbocycles. The van der Waals surface area contributed by atoms with Crippen LogP contribution < -0.4 is 9.47 Å². The number of phenols is 1. The summed E-state index contributed by atoms with van der Waals surface area (Å²) in [4.78, 5) is 10.8. The average molecular weight is 238 g/mol. The molecule has 92 valence electrons. The third kappa shape index (κ3) is 2.00. The van der Waals surface area contributed by atoms with E-state index < -0.39 is 5.97 Å². The molecule has 5 nitrogen and oxygen atoms in total.